The fraction of sp³-hybridized carbons (Fsp3) is 0. The topological polar surface area (TPSA) is 11.3 Å². The fourth-order valence-corrected chi connectivity index (χ4v) is 20.5. The molecule has 0 unspecified atom stereocenters. The monoisotopic (exact) mass is 2020 g/mol. The van der Waals surface area contributed by atoms with Crippen molar-refractivity contribution in [1.29, 1.82) is 0 Å². The summed E-state index contributed by atoms with van der Waals surface area (Å²) in [6.07, 6.45) is -13.3. The first-order valence-electron chi connectivity index (χ1n) is 41.0. The molecule has 0 radical (unpaired) electrons. The van der Waals surface area contributed by atoms with Crippen molar-refractivity contribution in [3.05, 3.63) is 490 Å². The zero-order valence-corrected chi connectivity index (χ0v) is 73.5. The molecule has 0 saturated heterocycles. The summed E-state index contributed by atoms with van der Waals surface area (Å²) in [6, 6.07) is 67.2. The van der Waals surface area contributed by atoms with Gasteiger partial charge < -0.3 is 0 Å². The van der Waals surface area contributed by atoms with E-state index in [1.54, 1.807) is 0 Å². The van der Waals surface area contributed by atoms with Crippen LogP contribution in [0.5, 0.6) is 0 Å². The van der Waals surface area contributed by atoms with Crippen LogP contribution in [0.1, 0.15) is 44.5 Å². The van der Waals surface area contributed by atoms with E-state index in [1.165, 1.54) is 21.5 Å². The Morgan fingerprint density at radius 2 is 0.301 bits per heavy atom. The van der Waals surface area contributed by atoms with Crippen LogP contribution in [-0.2, 0) is 0 Å². The molecule has 15 aromatic rings. The highest BCUT2D eigenvalue weighted by Crippen LogP contribution is 2.56. The highest BCUT2D eigenvalue weighted by atomic mass is 31.2. The zero-order chi connectivity index (χ0) is 105. The van der Waals surface area contributed by atoms with E-state index in [0.29, 0.717) is 0 Å². The molecule has 1 aromatic heterocycles. The lowest BCUT2D eigenvalue weighted by atomic mass is 9.12. The largest absolute Gasteiger partial charge is 0.361 e. The predicted octanol–water partition coefficient (Wildman–Crippen LogP) is 26.4. The highest BCUT2D eigenvalue weighted by Gasteiger charge is 2.55. The van der Waals surface area contributed by atoms with Crippen molar-refractivity contribution in [2.24, 2.45) is 0 Å². The molecule has 1 heterocycles. The molecular weight excluding hydrogens is 1960 g/mol. The Labute approximate surface area is 792 Å². The average molecular weight is 2020 g/mol. The maximum Gasteiger partial charge on any atom is 0.361 e. The first-order chi connectivity index (χ1) is 68.0. The first-order valence-corrected chi connectivity index (χ1v) is 42.9. The Balaban J connectivity index is 0.000000180. The number of hydrogen-bond donors (Lipinski definition) is 0. The Kier molecular flexibility index (Phi) is 31.7. The van der Waals surface area contributed by atoms with Crippen molar-refractivity contribution >= 4 is 128 Å². The number of hydrogen-bond acceptors (Lipinski definition) is 0. The molecule has 0 aliphatic heterocycles. The summed E-state index contributed by atoms with van der Waals surface area (Å²) in [5, 5.41) is 4.03. The van der Waals surface area contributed by atoms with E-state index in [4.69, 9.17) is 4.42 Å². The number of halogens is 32. The van der Waals surface area contributed by atoms with E-state index in [-0.39, 0.29) is 48.6 Å². The van der Waals surface area contributed by atoms with Gasteiger partial charge in [0.15, 0.2) is 93.1 Å². The maximum absolute atomic E-state index is 16.1. The molecule has 0 aliphatic rings. The van der Waals surface area contributed by atoms with E-state index in [9.17, 15) is 0 Å². The van der Waals surface area contributed by atoms with Gasteiger partial charge in [0.25, 0.3) is 0 Å². The highest BCUT2D eigenvalue weighted by molar-refractivity contribution is 7.98. The Bertz CT molecular complexity index is 6330. The summed E-state index contributed by atoms with van der Waals surface area (Å²) in [5.74, 6) is -91.1. The molecule has 0 spiro atoms. The van der Waals surface area contributed by atoms with Crippen molar-refractivity contribution < 1.29 is 145 Å². The van der Waals surface area contributed by atoms with Crippen molar-refractivity contribution in [3.63, 3.8) is 0 Å². The minimum Gasteiger partial charge on any atom is -0.207 e. The summed E-state index contributed by atoms with van der Waals surface area (Å²) < 4.78 is 509. The van der Waals surface area contributed by atoms with Crippen LogP contribution in [0.4, 0.5) is 140 Å². The minimum absolute atomic E-state index is 0.0213. The molecule has 0 atom stereocenters. The third-order valence-corrected chi connectivity index (χ3v) is 27.4. The van der Waals surface area contributed by atoms with Crippen molar-refractivity contribution in [1.82, 2.24) is 0 Å². The average Bonchev–Trinajstić information content (AvgIpc) is 0.681. The third kappa shape index (κ3) is 17.5. The summed E-state index contributed by atoms with van der Waals surface area (Å²) in [4.78, 5) is 0. The summed E-state index contributed by atoms with van der Waals surface area (Å²) in [5.41, 5.74) is -34.9. The fourth-order valence-electron chi connectivity index (χ4n) is 17.1. The smallest absolute Gasteiger partial charge is 0.207 e. The molecule has 0 aliphatic carbocycles. The molecule has 728 valence electrons. The van der Waals surface area contributed by atoms with Gasteiger partial charge in [-0.1, -0.05) is 229 Å². The van der Waals surface area contributed by atoms with Crippen LogP contribution >= 0.6 is 7.26 Å². The Hall–Kier alpha value is -15.8. The molecule has 0 amide bonds. The van der Waals surface area contributed by atoms with E-state index in [0.717, 1.165) is 28.2 Å². The number of rotatable bonds is 23. The molecule has 15 rings (SSSR count). The second-order valence-corrected chi connectivity index (χ2v) is 34.0. The van der Waals surface area contributed by atoms with Gasteiger partial charge in [-0.15, -0.1) is 43.7 Å². The standard InChI is InChI=1S/2C32H12BF16.C23H17O.C20H18P/c2*1-5-9-17(34)25(42)13(26(43)18(9)35)33(14-27(44)19(36)10(6-2)20(37)28(14)45,15-29(46)21(38)11(7-3)22(39)30(15)47)16-31(48)23(40)12(8-4)24(41)32(16)49;1-4-10-18(11-5-1)21-16-22(19-12-6-2-7-13-19)24-23(17-21)20-14-8-3-9-15-20;1-2-21(18-12-6-3-7-13-18,19-14-8-4-9-15-19)20-16-10-5-11-17-20/h2*5-8H,1-4H2;1-17H;2-17H,1H2/q2*-1;2*+1. The van der Waals surface area contributed by atoms with Crippen molar-refractivity contribution in [2.75, 3.05) is 0 Å². The van der Waals surface area contributed by atoms with Crippen LogP contribution in [0.15, 0.2) is 264 Å². The van der Waals surface area contributed by atoms with Crippen LogP contribution in [-0.4, -0.2) is 12.3 Å². The second-order valence-electron chi connectivity index (χ2n) is 30.6. The van der Waals surface area contributed by atoms with Gasteiger partial charge in [0.05, 0.1) is 73.6 Å². The van der Waals surface area contributed by atoms with E-state index in [1.807, 2.05) is 42.5 Å². The first kappa shape index (κ1) is 106. The number of benzene rings is 14. The molecule has 0 bridgehead atoms. The van der Waals surface area contributed by atoms with Crippen LogP contribution in [0, 0.1) is 186 Å². The van der Waals surface area contributed by atoms with Gasteiger partial charge in [-0.2, -0.15) is 0 Å². The zero-order valence-electron chi connectivity index (χ0n) is 72.6. The lowest BCUT2D eigenvalue weighted by molar-refractivity contribution is 0.450. The molecule has 1 nitrogen and oxygen atoms in total. The minimum atomic E-state index is -6.71. The molecule has 0 fully saturated rings. The van der Waals surface area contributed by atoms with Gasteiger partial charge in [-0.05, 0) is 66.2 Å². The van der Waals surface area contributed by atoms with Crippen molar-refractivity contribution in [3.8, 4) is 33.8 Å². The summed E-state index contributed by atoms with van der Waals surface area (Å²) in [7, 11) is -1.77. The summed E-state index contributed by atoms with van der Waals surface area (Å²) in [6.45, 7) is 26.8. The molecule has 14 aromatic carbocycles. The van der Waals surface area contributed by atoms with Gasteiger partial charge >= 0.3 is 11.5 Å². The van der Waals surface area contributed by atoms with Crippen LogP contribution < -0.4 is 59.6 Å². The van der Waals surface area contributed by atoms with Crippen LogP contribution in [0.3, 0.4) is 0 Å². The van der Waals surface area contributed by atoms with E-state index >= 15 is 140 Å². The normalized spacial score (nSPS) is 11.3. The van der Waals surface area contributed by atoms with Gasteiger partial charge in [0.1, 0.15) is 129 Å². The van der Waals surface area contributed by atoms with Gasteiger partial charge in [-0.3, -0.25) is 0 Å². The quantitative estimate of drug-likeness (QED) is 0.0204. The third-order valence-electron chi connectivity index (χ3n) is 23.5. The Morgan fingerprint density at radius 3 is 0.434 bits per heavy atom. The lowest BCUT2D eigenvalue weighted by Gasteiger charge is -2.45. The molecule has 0 saturated carbocycles. The maximum atomic E-state index is 16.1. The lowest BCUT2D eigenvalue weighted by Crippen LogP contribution is -2.81. The predicted molar refractivity (Wildman–Crippen MR) is 494 cm³/mol. The molecule has 0 N–H and O–H groups in total. The Morgan fingerprint density at radius 1 is 0.168 bits per heavy atom. The second kappa shape index (κ2) is 42.7. The van der Waals surface area contributed by atoms with Crippen LogP contribution in [0.2, 0.25) is 0 Å². The van der Waals surface area contributed by atoms with Crippen molar-refractivity contribution in [2.45, 2.75) is 0 Å². The summed E-state index contributed by atoms with van der Waals surface area (Å²) >= 11 is 0. The molecular formula is C107H59B2F32OP. The van der Waals surface area contributed by atoms with E-state index in [2.05, 4.69) is 217 Å². The van der Waals surface area contributed by atoms with Gasteiger partial charge in [-0.25, -0.2) is 145 Å². The molecule has 143 heavy (non-hydrogen) atoms. The van der Waals surface area contributed by atoms with E-state index < -0.39 is 294 Å². The van der Waals surface area contributed by atoms with Gasteiger partial charge in [0, 0.05) is 5.56 Å². The van der Waals surface area contributed by atoms with Crippen LogP contribution in [0.25, 0.3) is 82.4 Å². The SMILES string of the molecule is C=C[P+](c1ccccc1)(c1ccccc1)c1ccccc1.C=Cc1c(F)c(F)c([B-](c2c(F)c(F)c(C=C)c(F)c2F)(c2c(F)c(F)c(C=C)c(F)c2F)c2c(F)c(F)c(C=C)c(F)c2F)c(F)c1F.C=Cc1c(F)c(F)c([B-](c2c(F)c(F)c(C=C)c(F)c2F)(c2c(F)c(F)c(C=C)c(F)c2F)c2c(F)c(F)c(C=C)c(F)c2F)c(F)c1F.c1ccc(-c2cc(-c3ccccc3)[o+]c(-c3ccccc3)c2)cc1. The molecule has 36 heteroatoms. The van der Waals surface area contributed by atoms with Gasteiger partial charge in [0.2, 0.25) is 0 Å².